The SMILES string of the molecule is COc1ccc(C(O)CCCN)cc1Br. The van der Waals surface area contributed by atoms with Gasteiger partial charge in [0.2, 0.25) is 0 Å². The lowest BCUT2D eigenvalue weighted by Crippen LogP contribution is -2.03. The zero-order valence-corrected chi connectivity index (χ0v) is 10.3. The second-order valence-corrected chi connectivity index (χ2v) is 4.20. The smallest absolute Gasteiger partial charge is 0.133 e. The van der Waals surface area contributed by atoms with Crippen LogP contribution in [0.15, 0.2) is 22.7 Å². The van der Waals surface area contributed by atoms with Crippen molar-refractivity contribution in [2.75, 3.05) is 13.7 Å². The Hall–Kier alpha value is -0.580. The lowest BCUT2D eigenvalue weighted by Gasteiger charge is -2.12. The molecule has 1 atom stereocenters. The topological polar surface area (TPSA) is 55.5 Å². The highest BCUT2D eigenvalue weighted by Gasteiger charge is 2.09. The molecule has 0 radical (unpaired) electrons. The number of nitrogens with two attached hydrogens (primary N) is 1. The fraction of sp³-hybridized carbons (Fsp3) is 0.455. The maximum Gasteiger partial charge on any atom is 0.133 e. The second-order valence-electron chi connectivity index (χ2n) is 3.34. The van der Waals surface area contributed by atoms with Crippen molar-refractivity contribution in [2.45, 2.75) is 18.9 Å². The van der Waals surface area contributed by atoms with Gasteiger partial charge >= 0.3 is 0 Å². The molecule has 84 valence electrons. The number of methoxy groups -OCH3 is 1. The molecule has 0 saturated heterocycles. The van der Waals surface area contributed by atoms with Crippen LogP contribution < -0.4 is 10.5 Å². The molecule has 15 heavy (non-hydrogen) atoms. The Labute approximate surface area is 98.4 Å². The van der Waals surface area contributed by atoms with Crippen LogP contribution in [0.2, 0.25) is 0 Å². The molecule has 1 unspecified atom stereocenters. The summed E-state index contributed by atoms with van der Waals surface area (Å²) in [5, 5.41) is 9.82. The molecule has 0 saturated carbocycles. The van der Waals surface area contributed by atoms with E-state index in [-0.39, 0.29) is 0 Å². The van der Waals surface area contributed by atoms with E-state index >= 15 is 0 Å². The first kappa shape index (κ1) is 12.5. The van der Waals surface area contributed by atoms with Crippen molar-refractivity contribution in [1.29, 1.82) is 0 Å². The molecule has 3 N–H and O–H groups in total. The van der Waals surface area contributed by atoms with Gasteiger partial charge in [-0.15, -0.1) is 0 Å². The lowest BCUT2D eigenvalue weighted by atomic mass is 10.1. The van der Waals surface area contributed by atoms with E-state index in [4.69, 9.17) is 10.5 Å². The number of hydrogen-bond acceptors (Lipinski definition) is 3. The zero-order valence-electron chi connectivity index (χ0n) is 8.74. The Morgan fingerprint density at radius 2 is 2.27 bits per heavy atom. The lowest BCUT2D eigenvalue weighted by molar-refractivity contribution is 0.165. The first-order chi connectivity index (χ1) is 7.19. The van der Waals surface area contributed by atoms with Gasteiger partial charge < -0.3 is 15.6 Å². The highest BCUT2D eigenvalue weighted by atomic mass is 79.9. The Bertz CT molecular complexity index is 317. The molecule has 1 aromatic rings. The zero-order chi connectivity index (χ0) is 11.3. The summed E-state index contributed by atoms with van der Waals surface area (Å²) < 4.78 is 5.97. The molecule has 4 heteroatoms. The van der Waals surface area contributed by atoms with Crippen molar-refractivity contribution in [3.63, 3.8) is 0 Å². The summed E-state index contributed by atoms with van der Waals surface area (Å²) in [6, 6.07) is 5.58. The van der Waals surface area contributed by atoms with E-state index in [0.29, 0.717) is 13.0 Å². The Kier molecular flexibility index (Phi) is 5.08. The fourth-order valence-corrected chi connectivity index (χ4v) is 1.93. The van der Waals surface area contributed by atoms with Crippen LogP contribution in [0.4, 0.5) is 0 Å². The van der Waals surface area contributed by atoms with Gasteiger partial charge in [-0.1, -0.05) is 6.07 Å². The van der Waals surface area contributed by atoms with Gasteiger partial charge in [0.1, 0.15) is 5.75 Å². The summed E-state index contributed by atoms with van der Waals surface area (Å²) in [4.78, 5) is 0. The average molecular weight is 274 g/mol. The van der Waals surface area contributed by atoms with Gasteiger partial charge in [0.05, 0.1) is 17.7 Å². The van der Waals surface area contributed by atoms with E-state index in [1.807, 2.05) is 18.2 Å². The van der Waals surface area contributed by atoms with Crippen LogP contribution in [0.25, 0.3) is 0 Å². The summed E-state index contributed by atoms with van der Waals surface area (Å²) >= 11 is 3.38. The molecule has 0 spiro atoms. The number of aliphatic hydroxyl groups is 1. The van der Waals surface area contributed by atoms with Crippen LogP contribution >= 0.6 is 15.9 Å². The third-order valence-corrected chi connectivity index (χ3v) is 2.86. The minimum atomic E-state index is -0.448. The predicted molar refractivity (Wildman–Crippen MR) is 63.9 cm³/mol. The van der Waals surface area contributed by atoms with E-state index < -0.39 is 6.10 Å². The maximum atomic E-state index is 9.82. The van der Waals surface area contributed by atoms with Gasteiger partial charge in [-0.25, -0.2) is 0 Å². The van der Waals surface area contributed by atoms with E-state index in [2.05, 4.69) is 15.9 Å². The molecular weight excluding hydrogens is 258 g/mol. The quantitative estimate of drug-likeness (QED) is 0.865. The van der Waals surface area contributed by atoms with E-state index in [1.165, 1.54) is 0 Å². The fourth-order valence-electron chi connectivity index (χ4n) is 1.37. The highest BCUT2D eigenvalue weighted by molar-refractivity contribution is 9.10. The molecule has 1 aromatic carbocycles. The normalized spacial score (nSPS) is 12.5. The minimum absolute atomic E-state index is 0.448. The molecule has 0 heterocycles. The van der Waals surface area contributed by atoms with Gasteiger partial charge in [-0.2, -0.15) is 0 Å². The van der Waals surface area contributed by atoms with Gasteiger partial charge in [0.25, 0.3) is 0 Å². The Morgan fingerprint density at radius 3 is 2.80 bits per heavy atom. The second kappa shape index (κ2) is 6.10. The molecular formula is C11H16BrNO2. The third kappa shape index (κ3) is 3.48. The first-order valence-electron chi connectivity index (χ1n) is 4.90. The van der Waals surface area contributed by atoms with Crippen molar-refractivity contribution < 1.29 is 9.84 Å². The Balaban J connectivity index is 2.73. The van der Waals surface area contributed by atoms with E-state index in [0.717, 1.165) is 22.2 Å². The molecule has 0 aliphatic carbocycles. The van der Waals surface area contributed by atoms with Crippen molar-refractivity contribution in [3.8, 4) is 5.75 Å². The van der Waals surface area contributed by atoms with Crippen molar-refractivity contribution in [2.24, 2.45) is 5.73 Å². The number of aliphatic hydroxyl groups excluding tert-OH is 1. The van der Waals surface area contributed by atoms with Gasteiger partial charge in [-0.3, -0.25) is 0 Å². The summed E-state index contributed by atoms with van der Waals surface area (Å²) in [6.07, 6.45) is 1.07. The van der Waals surface area contributed by atoms with Gasteiger partial charge in [0, 0.05) is 0 Å². The molecule has 3 nitrogen and oxygen atoms in total. The number of ether oxygens (including phenoxy) is 1. The Morgan fingerprint density at radius 1 is 1.53 bits per heavy atom. The summed E-state index contributed by atoms with van der Waals surface area (Å²) in [5.41, 5.74) is 6.28. The summed E-state index contributed by atoms with van der Waals surface area (Å²) in [5.74, 6) is 0.768. The van der Waals surface area contributed by atoms with Crippen molar-refractivity contribution in [1.82, 2.24) is 0 Å². The molecule has 0 aliphatic rings. The highest BCUT2D eigenvalue weighted by Crippen LogP contribution is 2.29. The van der Waals surface area contributed by atoms with Gasteiger partial charge in [-0.05, 0) is 53.0 Å². The monoisotopic (exact) mass is 273 g/mol. The maximum absolute atomic E-state index is 9.82. The average Bonchev–Trinajstić information content (AvgIpc) is 2.25. The van der Waals surface area contributed by atoms with Crippen LogP contribution in [0.5, 0.6) is 5.75 Å². The van der Waals surface area contributed by atoms with Crippen LogP contribution in [-0.4, -0.2) is 18.8 Å². The van der Waals surface area contributed by atoms with Crippen molar-refractivity contribution in [3.05, 3.63) is 28.2 Å². The van der Waals surface area contributed by atoms with Crippen LogP contribution in [-0.2, 0) is 0 Å². The van der Waals surface area contributed by atoms with Crippen LogP contribution in [0.3, 0.4) is 0 Å². The number of halogens is 1. The standard InChI is InChI=1S/C11H16BrNO2/c1-15-11-5-4-8(7-9(11)12)10(14)3-2-6-13/h4-5,7,10,14H,2-3,6,13H2,1H3. The van der Waals surface area contributed by atoms with Crippen LogP contribution in [0, 0.1) is 0 Å². The van der Waals surface area contributed by atoms with Gasteiger partial charge in [0.15, 0.2) is 0 Å². The minimum Gasteiger partial charge on any atom is -0.496 e. The molecule has 1 rings (SSSR count). The van der Waals surface area contributed by atoms with E-state index in [9.17, 15) is 5.11 Å². The van der Waals surface area contributed by atoms with E-state index in [1.54, 1.807) is 7.11 Å². The van der Waals surface area contributed by atoms with Crippen LogP contribution in [0.1, 0.15) is 24.5 Å². The largest absolute Gasteiger partial charge is 0.496 e. The first-order valence-corrected chi connectivity index (χ1v) is 5.70. The number of hydrogen-bond donors (Lipinski definition) is 2. The summed E-state index contributed by atoms with van der Waals surface area (Å²) in [7, 11) is 1.62. The number of rotatable bonds is 5. The third-order valence-electron chi connectivity index (χ3n) is 2.24. The number of benzene rings is 1. The predicted octanol–water partition coefficient (Wildman–Crippen LogP) is 2.23. The molecule has 0 amide bonds. The molecule has 0 aromatic heterocycles. The van der Waals surface area contributed by atoms with Crippen molar-refractivity contribution >= 4 is 15.9 Å². The molecule has 0 bridgehead atoms. The summed E-state index contributed by atoms with van der Waals surface area (Å²) in [6.45, 7) is 0.606. The molecule has 0 fully saturated rings. The molecule has 0 aliphatic heterocycles.